The molecule has 0 heterocycles. The zero-order valence-corrected chi connectivity index (χ0v) is 15.1. The van der Waals surface area contributed by atoms with Crippen molar-refractivity contribution in [2.24, 2.45) is 0 Å². The molecule has 0 unspecified atom stereocenters. The minimum Gasteiger partial charge on any atom is -0.496 e. The molecule has 0 N–H and O–H groups in total. The number of fused-ring (bicyclic) bond motifs is 1. The summed E-state index contributed by atoms with van der Waals surface area (Å²) in [4.78, 5) is 11.6. The van der Waals surface area contributed by atoms with Gasteiger partial charge in [-0.05, 0) is 57.9 Å². The van der Waals surface area contributed by atoms with E-state index < -0.39 is 0 Å². The third kappa shape index (κ3) is 3.29. The molecule has 0 aromatic heterocycles. The average Bonchev–Trinajstić information content (AvgIpc) is 2.61. The van der Waals surface area contributed by atoms with Crippen LogP contribution in [0.3, 0.4) is 0 Å². The number of ether oxygens (including phenoxy) is 2. The molecule has 3 aromatic rings. The van der Waals surface area contributed by atoms with Crippen LogP contribution in [0.1, 0.15) is 22.8 Å². The molecule has 3 nitrogen and oxygen atoms in total. The van der Waals surface area contributed by atoms with E-state index >= 15 is 0 Å². The summed E-state index contributed by atoms with van der Waals surface area (Å²) in [5.74, 6) is 1.48. The lowest BCUT2D eigenvalue weighted by Crippen LogP contribution is -2.02. The Morgan fingerprint density at radius 1 is 1.04 bits per heavy atom. The van der Waals surface area contributed by atoms with Crippen molar-refractivity contribution in [1.29, 1.82) is 0 Å². The number of benzene rings is 3. The van der Waals surface area contributed by atoms with Gasteiger partial charge in [0.2, 0.25) is 0 Å². The Kier molecular flexibility index (Phi) is 4.86. The van der Waals surface area contributed by atoms with Crippen LogP contribution >= 0.6 is 15.9 Å². The first-order chi connectivity index (χ1) is 11.6. The van der Waals surface area contributed by atoms with Crippen molar-refractivity contribution in [3.63, 3.8) is 0 Å². The molecule has 4 heteroatoms. The van der Waals surface area contributed by atoms with Gasteiger partial charge in [0.1, 0.15) is 18.1 Å². The minimum absolute atomic E-state index is 0.0192. The Labute approximate surface area is 149 Å². The predicted octanol–water partition coefficient (Wildman–Crippen LogP) is 5.39. The monoisotopic (exact) mass is 384 g/mol. The SMILES string of the molecule is COc1ccc(C(C)=O)cc1COc1ccc2ccccc2c1Br. The van der Waals surface area contributed by atoms with Gasteiger partial charge < -0.3 is 9.47 Å². The molecule has 0 aliphatic heterocycles. The summed E-state index contributed by atoms with van der Waals surface area (Å²) in [6.07, 6.45) is 0. The molecule has 0 amide bonds. The maximum Gasteiger partial charge on any atom is 0.159 e. The van der Waals surface area contributed by atoms with Crippen molar-refractivity contribution < 1.29 is 14.3 Å². The number of ketones is 1. The molecule has 0 bridgehead atoms. The highest BCUT2D eigenvalue weighted by Gasteiger charge is 2.10. The number of carbonyl (C=O) groups is 1. The topological polar surface area (TPSA) is 35.5 Å². The van der Waals surface area contributed by atoms with Crippen LogP contribution < -0.4 is 9.47 Å². The zero-order chi connectivity index (χ0) is 17.1. The summed E-state index contributed by atoms with van der Waals surface area (Å²) in [6, 6.07) is 17.4. The van der Waals surface area contributed by atoms with Gasteiger partial charge in [0.25, 0.3) is 0 Å². The second kappa shape index (κ2) is 7.05. The molecular weight excluding hydrogens is 368 g/mol. The quantitative estimate of drug-likeness (QED) is 0.553. The Morgan fingerprint density at radius 2 is 1.79 bits per heavy atom. The van der Waals surface area contributed by atoms with Crippen LogP contribution in [-0.4, -0.2) is 12.9 Å². The highest BCUT2D eigenvalue weighted by atomic mass is 79.9. The van der Waals surface area contributed by atoms with Gasteiger partial charge in [-0.15, -0.1) is 0 Å². The molecule has 122 valence electrons. The summed E-state index contributed by atoms with van der Waals surface area (Å²) in [5.41, 5.74) is 1.48. The van der Waals surface area contributed by atoms with Gasteiger partial charge in [0.05, 0.1) is 11.6 Å². The molecule has 3 aromatic carbocycles. The van der Waals surface area contributed by atoms with Crippen molar-refractivity contribution in [2.75, 3.05) is 7.11 Å². The lowest BCUT2D eigenvalue weighted by molar-refractivity contribution is 0.101. The second-order valence-electron chi connectivity index (χ2n) is 5.47. The van der Waals surface area contributed by atoms with E-state index in [0.29, 0.717) is 17.9 Å². The van der Waals surface area contributed by atoms with E-state index in [1.54, 1.807) is 26.2 Å². The van der Waals surface area contributed by atoms with Crippen molar-refractivity contribution in [2.45, 2.75) is 13.5 Å². The van der Waals surface area contributed by atoms with Gasteiger partial charge >= 0.3 is 0 Å². The van der Waals surface area contributed by atoms with Crippen molar-refractivity contribution in [3.8, 4) is 11.5 Å². The Bertz CT molecular complexity index is 903. The summed E-state index contributed by atoms with van der Waals surface area (Å²) < 4.78 is 12.3. The van der Waals surface area contributed by atoms with Crippen molar-refractivity contribution in [1.82, 2.24) is 0 Å². The van der Waals surface area contributed by atoms with Crippen LogP contribution in [0, 0.1) is 0 Å². The van der Waals surface area contributed by atoms with E-state index in [2.05, 4.69) is 22.0 Å². The van der Waals surface area contributed by atoms with Crippen LogP contribution in [0.25, 0.3) is 10.8 Å². The maximum absolute atomic E-state index is 11.6. The number of hydrogen-bond acceptors (Lipinski definition) is 3. The average molecular weight is 385 g/mol. The van der Waals surface area contributed by atoms with Crippen LogP contribution in [0.2, 0.25) is 0 Å². The van der Waals surface area contributed by atoms with Gasteiger partial charge in [0, 0.05) is 11.1 Å². The van der Waals surface area contributed by atoms with Crippen LogP contribution in [0.5, 0.6) is 11.5 Å². The third-order valence-electron chi connectivity index (χ3n) is 3.90. The Morgan fingerprint density at radius 3 is 2.54 bits per heavy atom. The molecule has 24 heavy (non-hydrogen) atoms. The number of rotatable bonds is 5. The highest BCUT2D eigenvalue weighted by molar-refractivity contribution is 9.10. The molecule has 0 spiro atoms. The predicted molar refractivity (Wildman–Crippen MR) is 99.0 cm³/mol. The largest absolute Gasteiger partial charge is 0.496 e. The molecule has 0 radical (unpaired) electrons. The highest BCUT2D eigenvalue weighted by Crippen LogP contribution is 2.34. The maximum atomic E-state index is 11.6. The number of carbonyl (C=O) groups excluding carboxylic acids is 1. The fraction of sp³-hybridized carbons (Fsp3) is 0.150. The standard InChI is InChI=1S/C20H17BrO3/c1-13(22)15-8-9-18(23-2)16(11-15)12-24-19-10-7-14-5-3-4-6-17(14)20(19)21/h3-11H,12H2,1-2H3. The molecule has 0 aliphatic carbocycles. The lowest BCUT2D eigenvalue weighted by Gasteiger charge is -2.13. The first kappa shape index (κ1) is 16.5. The minimum atomic E-state index is 0.0192. The van der Waals surface area contributed by atoms with Gasteiger partial charge in [-0.25, -0.2) is 0 Å². The van der Waals surface area contributed by atoms with Gasteiger partial charge in [-0.1, -0.05) is 30.3 Å². The van der Waals surface area contributed by atoms with Gasteiger partial charge in [-0.3, -0.25) is 4.79 Å². The van der Waals surface area contributed by atoms with Crippen molar-refractivity contribution in [3.05, 3.63) is 70.2 Å². The molecule has 0 atom stereocenters. The van der Waals surface area contributed by atoms with E-state index in [0.717, 1.165) is 26.6 Å². The Hall–Kier alpha value is -2.33. The summed E-state index contributed by atoms with van der Waals surface area (Å²) in [5, 5.41) is 2.24. The number of methoxy groups -OCH3 is 1. The lowest BCUT2D eigenvalue weighted by atomic mass is 10.1. The van der Waals surface area contributed by atoms with E-state index in [4.69, 9.17) is 9.47 Å². The fourth-order valence-corrected chi connectivity index (χ4v) is 3.20. The van der Waals surface area contributed by atoms with Crippen molar-refractivity contribution >= 4 is 32.5 Å². The van der Waals surface area contributed by atoms with Crippen LogP contribution in [0.4, 0.5) is 0 Å². The van der Waals surface area contributed by atoms with Gasteiger partial charge in [-0.2, -0.15) is 0 Å². The normalized spacial score (nSPS) is 10.6. The fourth-order valence-electron chi connectivity index (χ4n) is 2.59. The first-order valence-electron chi connectivity index (χ1n) is 7.58. The number of Topliss-reactive ketones (excluding diaryl/α,β-unsaturated/α-hetero) is 1. The molecular formula is C20H17BrO3. The van der Waals surface area contributed by atoms with Crippen LogP contribution in [-0.2, 0) is 6.61 Å². The van der Waals surface area contributed by atoms with Crippen LogP contribution in [0.15, 0.2) is 59.1 Å². The molecule has 3 rings (SSSR count). The summed E-state index contributed by atoms with van der Waals surface area (Å²) in [6.45, 7) is 1.87. The smallest absolute Gasteiger partial charge is 0.159 e. The molecule has 0 aliphatic rings. The third-order valence-corrected chi connectivity index (χ3v) is 4.72. The van der Waals surface area contributed by atoms with E-state index in [1.165, 1.54) is 0 Å². The first-order valence-corrected chi connectivity index (χ1v) is 8.37. The number of hydrogen-bond donors (Lipinski definition) is 0. The van der Waals surface area contributed by atoms with Gasteiger partial charge in [0.15, 0.2) is 5.78 Å². The van der Waals surface area contributed by atoms with E-state index in [9.17, 15) is 4.79 Å². The Balaban J connectivity index is 1.89. The zero-order valence-electron chi connectivity index (χ0n) is 13.5. The van der Waals surface area contributed by atoms with E-state index in [-0.39, 0.29) is 5.78 Å². The van der Waals surface area contributed by atoms with E-state index in [1.807, 2.05) is 36.4 Å². The molecule has 0 fully saturated rings. The summed E-state index contributed by atoms with van der Waals surface area (Å²) >= 11 is 3.62. The molecule has 0 saturated carbocycles. The molecule has 0 saturated heterocycles. The number of halogens is 1. The second-order valence-corrected chi connectivity index (χ2v) is 6.26. The summed E-state index contributed by atoms with van der Waals surface area (Å²) in [7, 11) is 1.61.